The molecule has 0 aliphatic carbocycles. The average Bonchev–Trinajstić information content (AvgIpc) is 2.06. The fourth-order valence-electron chi connectivity index (χ4n) is 0.879. The Hall–Kier alpha value is -1.22. The third-order valence-corrected chi connectivity index (χ3v) is 1.57. The minimum absolute atomic E-state index is 0.0648. The van der Waals surface area contributed by atoms with Crippen molar-refractivity contribution in [2.45, 2.75) is 13.3 Å². The molecule has 0 aliphatic rings. The third-order valence-electron chi connectivity index (χ3n) is 1.57. The molecule has 0 aromatic carbocycles. The molecule has 3 heteroatoms. The zero-order valence-corrected chi connectivity index (χ0v) is 6.95. The van der Waals surface area contributed by atoms with Crippen molar-refractivity contribution in [1.82, 2.24) is 4.98 Å². The Morgan fingerprint density at radius 3 is 2.83 bits per heavy atom. The SMILES string of the molecule is Cc1ccc(C(=O)CCO)cn1. The van der Waals surface area contributed by atoms with Crippen LogP contribution in [0.15, 0.2) is 18.3 Å². The summed E-state index contributed by atoms with van der Waals surface area (Å²) < 4.78 is 0. The molecule has 0 spiro atoms. The molecule has 0 amide bonds. The lowest BCUT2D eigenvalue weighted by atomic mass is 10.1. The molecule has 0 saturated heterocycles. The van der Waals surface area contributed by atoms with Gasteiger partial charge in [-0.1, -0.05) is 0 Å². The van der Waals surface area contributed by atoms with E-state index in [2.05, 4.69) is 4.98 Å². The lowest BCUT2D eigenvalue weighted by molar-refractivity contribution is 0.0956. The number of rotatable bonds is 3. The maximum absolute atomic E-state index is 11.2. The number of Topliss-reactive ketones (excluding diaryl/α,β-unsaturated/α-hetero) is 1. The minimum Gasteiger partial charge on any atom is -0.396 e. The fourth-order valence-corrected chi connectivity index (χ4v) is 0.879. The molecule has 0 atom stereocenters. The van der Waals surface area contributed by atoms with Crippen LogP contribution in [0, 0.1) is 6.92 Å². The first kappa shape index (κ1) is 8.87. The molecule has 64 valence electrons. The topological polar surface area (TPSA) is 50.2 Å². The van der Waals surface area contributed by atoms with Gasteiger partial charge in [-0.05, 0) is 19.1 Å². The third kappa shape index (κ3) is 2.13. The summed E-state index contributed by atoms with van der Waals surface area (Å²) in [4.78, 5) is 15.1. The second kappa shape index (κ2) is 3.97. The number of hydrogen-bond donors (Lipinski definition) is 1. The number of carbonyl (C=O) groups excluding carboxylic acids is 1. The second-order valence-corrected chi connectivity index (χ2v) is 2.59. The van der Waals surface area contributed by atoms with Crippen LogP contribution in [0.5, 0.6) is 0 Å². The van der Waals surface area contributed by atoms with Gasteiger partial charge in [-0.3, -0.25) is 9.78 Å². The van der Waals surface area contributed by atoms with E-state index in [0.29, 0.717) is 5.56 Å². The number of nitrogens with zero attached hydrogens (tertiary/aromatic N) is 1. The first-order valence-corrected chi connectivity index (χ1v) is 3.81. The van der Waals surface area contributed by atoms with Crippen molar-refractivity contribution in [3.8, 4) is 0 Å². The number of pyridine rings is 1. The fraction of sp³-hybridized carbons (Fsp3) is 0.333. The average molecular weight is 165 g/mol. The van der Waals surface area contributed by atoms with Crippen molar-refractivity contribution in [3.05, 3.63) is 29.6 Å². The van der Waals surface area contributed by atoms with Crippen molar-refractivity contribution in [3.63, 3.8) is 0 Å². The van der Waals surface area contributed by atoms with E-state index < -0.39 is 0 Å². The van der Waals surface area contributed by atoms with Crippen molar-refractivity contribution < 1.29 is 9.90 Å². The maximum Gasteiger partial charge on any atom is 0.166 e. The van der Waals surface area contributed by atoms with Gasteiger partial charge in [-0.2, -0.15) is 0 Å². The number of aliphatic hydroxyl groups excluding tert-OH is 1. The quantitative estimate of drug-likeness (QED) is 0.678. The van der Waals surface area contributed by atoms with Crippen LogP contribution in [-0.4, -0.2) is 22.5 Å². The summed E-state index contributed by atoms with van der Waals surface area (Å²) in [6, 6.07) is 3.50. The molecular formula is C9H11NO2. The first-order valence-electron chi connectivity index (χ1n) is 3.81. The zero-order valence-electron chi connectivity index (χ0n) is 6.95. The normalized spacial score (nSPS) is 9.83. The van der Waals surface area contributed by atoms with Crippen molar-refractivity contribution in [2.24, 2.45) is 0 Å². The number of ketones is 1. The summed E-state index contributed by atoms with van der Waals surface area (Å²) in [7, 11) is 0. The van der Waals surface area contributed by atoms with Crippen LogP contribution in [0.3, 0.4) is 0 Å². The molecule has 1 aromatic rings. The van der Waals surface area contributed by atoms with Crippen molar-refractivity contribution in [2.75, 3.05) is 6.61 Å². The molecule has 0 unspecified atom stereocenters. The highest BCUT2D eigenvalue weighted by molar-refractivity contribution is 5.95. The molecule has 0 saturated carbocycles. The summed E-state index contributed by atoms with van der Waals surface area (Å²) in [6.07, 6.45) is 1.71. The van der Waals surface area contributed by atoms with Gasteiger partial charge in [-0.25, -0.2) is 0 Å². The van der Waals surface area contributed by atoms with Crippen LogP contribution >= 0.6 is 0 Å². The summed E-state index contributed by atoms with van der Waals surface area (Å²) in [5, 5.41) is 8.51. The maximum atomic E-state index is 11.2. The van der Waals surface area contributed by atoms with Crippen LogP contribution in [0.4, 0.5) is 0 Å². The van der Waals surface area contributed by atoms with Gasteiger partial charge in [0.15, 0.2) is 5.78 Å². The lowest BCUT2D eigenvalue weighted by Crippen LogP contribution is -2.02. The largest absolute Gasteiger partial charge is 0.396 e. The summed E-state index contributed by atoms with van der Waals surface area (Å²) in [5.41, 5.74) is 1.45. The Bertz CT molecular complexity index is 266. The number of aryl methyl sites for hydroxylation is 1. The van der Waals surface area contributed by atoms with E-state index in [1.165, 1.54) is 6.20 Å². The highest BCUT2D eigenvalue weighted by atomic mass is 16.3. The van der Waals surface area contributed by atoms with Gasteiger partial charge < -0.3 is 5.11 Å². The standard InChI is InChI=1S/C9H11NO2/c1-7-2-3-8(6-10-7)9(12)4-5-11/h2-3,6,11H,4-5H2,1H3. The molecule has 12 heavy (non-hydrogen) atoms. The summed E-state index contributed by atoms with van der Waals surface area (Å²) in [5.74, 6) is -0.0648. The predicted octanol–water partition coefficient (Wildman–Crippen LogP) is 0.955. The monoisotopic (exact) mass is 165 g/mol. The first-order chi connectivity index (χ1) is 5.74. The Morgan fingerprint density at radius 2 is 2.33 bits per heavy atom. The molecular weight excluding hydrogens is 154 g/mol. The van der Waals surface area contributed by atoms with Gasteiger partial charge in [0.05, 0.1) is 6.61 Å². The van der Waals surface area contributed by atoms with Crippen LogP contribution in [0.25, 0.3) is 0 Å². The van der Waals surface area contributed by atoms with E-state index >= 15 is 0 Å². The smallest absolute Gasteiger partial charge is 0.166 e. The minimum atomic E-state index is -0.104. The molecule has 1 rings (SSSR count). The lowest BCUT2D eigenvalue weighted by Gasteiger charge is -1.97. The van der Waals surface area contributed by atoms with E-state index in [0.717, 1.165) is 5.69 Å². The zero-order chi connectivity index (χ0) is 8.97. The highest BCUT2D eigenvalue weighted by Crippen LogP contribution is 2.02. The molecule has 0 bridgehead atoms. The van der Waals surface area contributed by atoms with E-state index in [9.17, 15) is 4.79 Å². The van der Waals surface area contributed by atoms with Crippen LogP contribution in [0.2, 0.25) is 0 Å². The predicted molar refractivity (Wildman–Crippen MR) is 45.0 cm³/mol. The number of hydrogen-bond acceptors (Lipinski definition) is 3. The molecule has 3 nitrogen and oxygen atoms in total. The van der Waals surface area contributed by atoms with Gasteiger partial charge in [0.25, 0.3) is 0 Å². The number of aliphatic hydroxyl groups is 1. The number of carbonyl (C=O) groups is 1. The van der Waals surface area contributed by atoms with Gasteiger partial charge in [0.1, 0.15) is 0 Å². The molecule has 0 aliphatic heterocycles. The van der Waals surface area contributed by atoms with E-state index in [1.54, 1.807) is 12.1 Å². The Balaban J connectivity index is 2.75. The van der Waals surface area contributed by atoms with Crippen LogP contribution < -0.4 is 0 Å². The molecule has 1 N–H and O–H groups in total. The second-order valence-electron chi connectivity index (χ2n) is 2.59. The van der Waals surface area contributed by atoms with Gasteiger partial charge >= 0.3 is 0 Å². The van der Waals surface area contributed by atoms with E-state index in [-0.39, 0.29) is 18.8 Å². The highest BCUT2D eigenvalue weighted by Gasteiger charge is 2.03. The molecule has 1 aromatic heterocycles. The Kier molecular flexibility index (Phi) is 2.94. The van der Waals surface area contributed by atoms with Gasteiger partial charge in [-0.15, -0.1) is 0 Å². The summed E-state index contributed by atoms with van der Waals surface area (Å²) >= 11 is 0. The summed E-state index contributed by atoms with van der Waals surface area (Å²) in [6.45, 7) is 1.76. The molecule has 1 heterocycles. The van der Waals surface area contributed by atoms with E-state index in [1.807, 2.05) is 6.92 Å². The Labute approximate surface area is 71.1 Å². The van der Waals surface area contributed by atoms with Crippen LogP contribution in [-0.2, 0) is 0 Å². The van der Waals surface area contributed by atoms with Crippen molar-refractivity contribution in [1.29, 1.82) is 0 Å². The van der Waals surface area contributed by atoms with Gasteiger partial charge in [0.2, 0.25) is 0 Å². The molecule has 0 fully saturated rings. The van der Waals surface area contributed by atoms with Gasteiger partial charge in [0, 0.05) is 23.9 Å². The van der Waals surface area contributed by atoms with Crippen LogP contribution in [0.1, 0.15) is 22.5 Å². The van der Waals surface area contributed by atoms with Crippen molar-refractivity contribution >= 4 is 5.78 Å². The molecule has 0 radical (unpaired) electrons. The Morgan fingerprint density at radius 1 is 1.58 bits per heavy atom. The number of aromatic nitrogens is 1. The van der Waals surface area contributed by atoms with E-state index in [4.69, 9.17) is 5.11 Å².